The fraction of sp³-hybridized carbons (Fsp3) is 1.00. The molecule has 1 saturated carbocycles. The van der Waals surface area contributed by atoms with Gasteiger partial charge in [0, 0.05) is 11.3 Å². The summed E-state index contributed by atoms with van der Waals surface area (Å²) in [4.78, 5) is 2.61. The van der Waals surface area contributed by atoms with Gasteiger partial charge in [0.2, 0.25) is 0 Å². The molecule has 1 aliphatic heterocycles. The van der Waals surface area contributed by atoms with Crippen LogP contribution in [0.4, 0.5) is 0 Å². The van der Waals surface area contributed by atoms with Crippen molar-refractivity contribution in [2.24, 2.45) is 0 Å². The van der Waals surface area contributed by atoms with Gasteiger partial charge < -0.3 is 10.2 Å². The van der Waals surface area contributed by atoms with Crippen molar-refractivity contribution < 1.29 is 0 Å². The van der Waals surface area contributed by atoms with E-state index in [1.807, 2.05) is 11.8 Å². The minimum Gasteiger partial charge on any atom is -0.314 e. The third kappa shape index (κ3) is 3.94. The molecule has 1 N–H and O–H groups in total. The lowest BCUT2D eigenvalue weighted by molar-refractivity contribution is 0.327. The summed E-state index contributed by atoms with van der Waals surface area (Å²) in [5.74, 6) is 0. The van der Waals surface area contributed by atoms with Crippen molar-refractivity contribution in [3.8, 4) is 0 Å². The molecule has 0 aromatic rings. The molecule has 2 aliphatic rings. The van der Waals surface area contributed by atoms with Crippen molar-refractivity contribution in [1.29, 1.82) is 0 Å². The quantitative estimate of drug-likeness (QED) is 0.720. The lowest BCUT2D eigenvalue weighted by Crippen LogP contribution is -2.30. The van der Waals surface area contributed by atoms with Crippen molar-refractivity contribution in [1.82, 2.24) is 10.2 Å². The maximum atomic E-state index is 3.73. The standard InChI is InChI=1S/C13H26N2S/c1-16-13-6-5-12(11-13)14-7-4-10-15-8-2-3-9-15/h12-14H,2-11H2,1H3. The highest BCUT2D eigenvalue weighted by molar-refractivity contribution is 7.99. The van der Waals surface area contributed by atoms with Gasteiger partial charge in [0.1, 0.15) is 0 Å². The van der Waals surface area contributed by atoms with Crippen LogP contribution in [0.25, 0.3) is 0 Å². The molecule has 0 radical (unpaired) electrons. The first-order chi connectivity index (χ1) is 7.88. The first kappa shape index (κ1) is 12.7. The molecular weight excluding hydrogens is 216 g/mol. The van der Waals surface area contributed by atoms with E-state index in [0.29, 0.717) is 0 Å². The largest absolute Gasteiger partial charge is 0.314 e. The van der Waals surface area contributed by atoms with Gasteiger partial charge in [0.05, 0.1) is 0 Å². The van der Waals surface area contributed by atoms with E-state index in [-0.39, 0.29) is 0 Å². The molecule has 1 heterocycles. The Morgan fingerprint density at radius 2 is 2.06 bits per heavy atom. The van der Waals surface area contributed by atoms with Gasteiger partial charge in [-0.1, -0.05) is 0 Å². The lowest BCUT2D eigenvalue weighted by Gasteiger charge is -2.16. The van der Waals surface area contributed by atoms with E-state index in [1.165, 1.54) is 64.7 Å². The van der Waals surface area contributed by atoms with Gasteiger partial charge in [0.25, 0.3) is 0 Å². The number of hydrogen-bond donors (Lipinski definition) is 1. The Morgan fingerprint density at radius 1 is 1.25 bits per heavy atom. The zero-order chi connectivity index (χ0) is 11.2. The summed E-state index contributed by atoms with van der Waals surface area (Å²) in [6, 6.07) is 0.816. The second-order valence-electron chi connectivity index (χ2n) is 5.22. The molecule has 2 fully saturated rings. The Bertz CT molecular complexity index is 192. The number of hydrogen-bond acceptors (Lipinski definition) is 3. The molecule has 2 unspecified atom stereocenters. The summed E-state index contributed by atoms with van der Waals surface area (Å²) in [6.07, 6.45) is 10.6. The normalized spacial score (nSPS) is 31.3. The van der Waals surface area contributed by atoms with Crippen LogP contribution in [0, 0.1) is 0 Å². The predicted octanol–water partition coefficient (Wildman–Crippen LogP) is 2.35. The van der Waals surface area contributed by atoms with Gasteiger partial charge in [-0.15, -0.1) is 0 Å². The third-order valence-corrected chi connectivity index (χ3v) is 5.10. The molecule has 0 amide bonds. The first-order valence-corrected chi connectivity index (χ1v) is 8.16. The fourth-order valence-electron chi connectivity index (χ4n) is 2.95. The number of likely N-dealkylation sites (tertiary alicyclic amines) is 1. The molecule has 0 bridgehead atoms. The van der Waals surface area contributed by atoms with E-state index in [0.717, 1.165) is 11.3 Å². The Hall–Kier alpha value is 0.270. The molecule has 0 aromatic carbocycles. The molecule has 1 aliphatic carbocycles. The number of rotatable bonds is 6. The van der Waals surface area contributed by atoms with Gasteiger partial charge in [-0.25, -0.2) is 0 Å². The monoisotopic (exact) mass is 242 g/mol. The Labute approximate surface area is 105 Å². The van der Waals surface area contributed by atoms with Crippen molar-refractivity contribution in [3.05, 3.63) is 0 Å². The molecule has 3 heteroatoms. The predicted molar refractivity (Wildman–Crippen MR) is 73.2 cm³/mol. The molecule has 2 rings (SSSR count). The molecule has 0 spiro atoms. The van der Waals surface area contributed by atoms with Crippen LogP contribution in [0.5, 0.6) is 0 Å². The number of nitrogens with one attached hydrogen (secondary N) is 1. The summed E-state index contributed by atoms with van der Waals surface area (Å²) in [5, 5.41) is 4.66. The van der Waals surface area contributed by atoms with Gasteiger partial charge >= 0.3 is 0 Å². The van der Waals surface area contributed by atoms with Crippen molar-refractivity contribution in [3.63, 3.8) is 0 Å². The smallest absolute Gasteiger partial charge is 0.00780 e. The van der Waals surface area contributed by atoms with E-state index in [2.05, 4.69) is 16.5 Å². The second kappa shape index (κ2) is 6.87. The topological polar surface area (TPSA) is 15.3 Å². The Balaban J connectivity index is 1.48. The maximum absolute atomic E-state index is 3.73. The minimum absolute atomic E-state index is 0.816. The Morgan fingerprint density at radius 3 is 2.75 bits per heavy atom. The summed E-state index contributed by atoms with van der Waals surface area (Å²) < 4.78 is 0. The van der Waals surface area contributed by atoms with Gasteiger partial charge in [-0.3, -0.25) is 0 Å². The molecule has 2 atom stereocenters. The molecule has 16 heavy (non-hydrogen) atoms. The van der Waals surface area contributed by atoms with Crippen molar-refractivity contribution in [2.45, 2.75) is 49.8 Å². The van der Waals surface area contributed by atoms with Crippen molar-refractivity contribution >= 4 is 11.8 Å². The summed E-state index contributed by atoms with van der Waals surface area (Å²) in [7, 11) is 0. The molecule has 0 aromatic heterocycles. The van der Waals surface area contributed by atoms with Crippen LogP contribution >= 0.6 is 11.8 Å². The second-order valence-corrected chi connectivity index (χ2v) is 6.36. The van der Waals surface area contributed by atoms with Crippen LogP contribution in [0.3, 0.4) is 0 Å². The van der Waals surface area contributed by atoms with Crippen LogP contribution < -0.4 is 5.32 Å². The summed E-state index contributed by atoms with van der Waals surface area (Å²) in [6.45, 7) is 5.23. The molecule has 1 saturated heterocycles. The lowest BCUT2D eigenvalue weighted by atomic mass is 10.2. The van der Waals surface area contributed by atoms with Gasteiger partial charge in [-0.2, -0.15) is 11.8 Å². The van der Waals surface area contributed by atoms with E-state index in [9.17, 15) is 0 Å². The molecule has 2 nitrogen and oxygen atoms in total. The molecule has 94 valence electrons. The zero-order valence-electron chi connectivity index (χ0n) is 10.6. The van der Waals surface area contributed by atoms with Crippen LogP contribution in [-0.4, -0.2) is 48.6 Å². The zero-order valence-corrected chi connectivity index (χ0v) is 11.4. The maximum Gasteiger partial charge on any atom is 0.00780 e. The minimum atomic E-state index is 0.816. The highest BCUT2D eigenvalue weighted by atomic mass is 32.2. The molecular formula is C13H26N2S. The van der Waals surface area contributed by atoms with Gasteiger partial charge in [-0.05, 0) is 71.0 Å². The number of nitrogens with zero attached hydrogens (tertiary/aromatic N) is 1. The summed E-state index contributed by atoms with van der Waals surface area (Å²) in [5.41, 5.74) is 0. The Kier molecular flexibility index (Phi) is 5.46. The first-order valence-electron chi connectivity index (χ1n) is 6.87. The third-order valence-electron chi connectivity index (χ3n) is 4.00. The average Bonchev–Trinajstić information content (AvgIpc) is 2.95. The van der Waals surface area contributed by atoms with Crippen molar-refractivity contribution in [2.75, 3.05) is 32.4 Å². The SMILES string of the molecule is CSC1CCC(NCCCN2CCCC2)C1. The van der Waals surface area contributed by atoms with Crippen LogP contribution in [0.2, 0.25) is 0 Å². The average molecular weight is 242 g/mol. The van der Waals surface area contributed by atoms with E-state index < -0.39 is 0 Å². The fourth-order valence-corrected chi connectivity index (χ4v) is 3.75. The van der Waals surface area contributed by atoms with Crippen LogP contribution in [0.15, 0.2) is 0 Å². The van der Waals surface area contributed by atoms with E-state index >= 15 is 0 Å². The van der Waals surface area contributed by atoms with E-state index in [1.54, 1.807) is 0 Å². The number of thioether (sulfide) groups is 1. The van der Waals surface area contributed by atoms with Crippen LogP contribution in [0.1, 0.15) is 38.5 Å². The van der Waals surface area contributed by atoms with E-state index in [4.69, 9.17) is 0 Å². The highest BCUT2D eigenvalue weighted by Gasteiger charge is 2.23. The van der Waals surface area contributed by atoms with Gasteiger partial charge in [0.15, 0.2) is 0 Å². The summed E-state index contributed by atoms with van der Waals surface area (Å²) >= 11 is 2.05. The highest BCUT2D eigenvalue weighted by Crippen LogP contribution is 2.27. The van der Waals surface area contributed by atoms with Crippen LogP contribution in [-0.2, 0) is 0 Å².